The Balaban J connectivity index is 1.59. The number of rotatable bonds is 4. The molecule has 1 atom stereocenters. The first-order chi connectivity index (χ1) is 11.6. The molecule has 2 N–H and O–H groups in total. The highest BCUT2D eigenvalue weighted by Gasteiger charge is 2.21. The third-order valence-electron chi connectivity index (χ3n) is 4.85. The number of aryl methyl sites for hydroxylation is 3. The molecule has 2 aromatic heterocycles. The maximum absolute atomic E-state index is 12.5. The van der Waals surface area contributed by atoms with Crippen molar-refractivity contribution in [2.75, 3.05) is 7.05 Å². The van der Waals surface area contributed by atoms with Gasteiger partial charge in [-0.25, -0.2) is 4.98 Å². The van der Waals surface area contributed by atoms with Crippen LogP contribution in [0.1, 0.15) is 33.8 Å². The molecule has 0 saturated carbocycles. The summed E-state index contributed by atoms with van der Waals surface area (Å²) in [4.78, 5) is 23.9. The second-order valence-electron chi connectivity index (χ2n) is 6.79. The Morgan fingerprint density at radius 3 is 2.92 bits per heavy atom. The second kappa shape index (κ2) is 6.15. The highest BCUT2D eigenvalue weighted by Crippen LogP contribution is 2.34. The van der Waals surface area contributed by atoms with E-state index in [1.165, 1.54) is 32.9 Å². The molecule has 124 valence electrons. The Hall–Kier alpha value is -1.98. The van der Waals surface area contributed by atoms with E-state index in [1.807, 2.05) is 0 Å². The van der Waals surface area contributed by atoms with Crippen LogP contribution < -0.4 is 10.5 Å². The maximum atomic E-state index is 12.5. The molecule has 24 heavy (non-hydrogen) atoms. The highest BCUT2D eigenvalue weighted by atomic mass is 32.1. The van der Waals surface area contributed by atoms with E-state index in [2.05, 4.69) is 43.2 Å². The van der Waals surface area contributed by atoms with Gasteiger partial charge in [-0.05, 0) is 37.3 Å². The number of thiophene rings is 1. The van der Waals surface area contributed by atoms with Gasteiger partial charge < -0.3 is 9.88 Å². The lowest BCUT2D eigenvalue weighted by Crippen LogP contribution is -3.06. The minimum atomic E-state index is 0.0399. The predicted octanol–water partition coefficient (Wildman–Crippen LogP) is 2.00. The number of quaternary nitrogens is 1. The monoisotopic (exact) mass is 340 g/mol. The van der Waals surface area contributed by atoms with Crippen LogP contribution >= 0.6 is 11.3 Å². The first-order valence-electron chi connectivity index (χ1n) is 8.51. The molecule has 1 aliphatic rings. The molecule has 3 aromatic rings. The molecule has 0 amide bonds. The van der Waals surface area contributed by atoms with Gasteiger partial charge in [-0.3, -0.25) is 4.79 Å². The van der Waals surface area contributed by atoms with Gasteiger partial charge in [0, 0.05) is 10.4 Å². The Morgan fingerprint density at radius 1 is 1.25 bits per heavy atom. The van der Waals surface area contributed by atoms with Gasteiger partial charge in [0.05, 0.1) is 12.4 Å². The molecule has 0 aliphatic heterocycles. The third kappa shape index (κ3) is 2.78. The zero-order valence-electron chi connectivity index (χ0n) is 14.1. The molecular formula is C19H22N3OS+. The number of nitrogens with one attached hydrogen (secondary N) is 2. The van der Waals surface area contributed by atoms with Gasteiger partial charge in [0.25, 0.3) is 5.56 Å². The summed E-state index contributed by atoms with van der Waals surface area (Å²) in [6.45, 7) is 3.79. The van der Waals surface area contributed by atoms with Crippen LogP contribution in [0.15, 0.2) is 29.1 Å². The summed E-state index contributed by atoms with van der Waals surface area (Å²) in [5.41, 5.74) is 3.94. The maximum Gasteiger partial charge on any atom is 0.260 e. The number of nitrogens with zero attached hydrogens (tertiary/aromatic N) is 1. The van der Waals surface area contributed by atoms with Crippen LogP contribution in [-0.2, 0) is 25.9 Å². The minimum Gasteiger partial charge on any atom is -0.327 e. The molecule has 0 spiro atoms. The molecule has 0 fully saturated rings. The van der Waals surface area contributed by atoms with Crippen LogP contribution in [0.5, 0.6) is 0 Å². The van der Waals surface area contributed by atoms with Crippen LogP contribution in [0.25, 0.3) is 10.2 Å². The molecule has 4 rings (SSSR count). The van der Waals surface area contributed by atoms with Gasteiger partial charge in [0.2, 0.25) is 0 Å². The van der Waals surface area contributed by atoms with Gasteiger partial charge in [0.15, 0.2) is 5.82 Å². The predicted molar refractivity (Wildman–Crippen MR) is 97.7 cm³/mol. The number of aromatic amines is 1. The lowest BCUT2D eigenvalue weighted by atomic mass is 10.1. The van der Waals surface area contributed by atoms with Crippen LogP contribution in [0.2, 0.25) is 0 Å². The summed E-state index contributed by atoms with van der Waals surface area (Å²) in [6.07, 6.45) is 3.29. The molecule has 1 aromatic carbocycles. The van der Waals surface area contributed by atoms with Crippen molar-refractivity contribution in [3.8, 4) is 0 Å². The smallest absolute Gasteiger partial charge is 0.260 e. The van der Waals surface area contributed by atoms with Gasteiger partial charge in [-0.1, -0.05) is 24.3 Å². The largest absolute Gasteiger partial charge is 0.327 e. The lowest BCUT2D eigenvalue weighted by molar-refractivity contribution is -0.908. The number of hydrogen-bond donors (Lipinski definition) is 2. The summed E-state index contributed by atoms with van der Waals surface area (Å²) in [6, 6.07) is 8.45. The van der Waals surface area contributed by atoms with Crippen molar-refractivity contribution in [1.82, 2.24) is 9.97 Å². The standard InChI is InChI=1S/C19H21N3OS/c1-12-6-3-4-7-13(12)10-22(2)11-16-20-18(23)17-14-8-5-9-15(14)24-19(17)21-16/h3-4,6-7H,5,8-11H2,1-2H3,(H,20,21,23)/p+1. The molecule has 5 heteroatoms. The van der Waals surface area contributed by atoms with E-state index in [4.69, 9.17) is 4.98 Å². The summed E-state index contributed by atoms with van der Waals surface area (Å²) in [5, 5.41) is 0.841. The fraction of sp³-hybridized carbons (Fsp3) is 0.368. The number of aromatic nitrogens is 2. The normalized spacial score (nSPS) is 14.9. The van der Waals surface area contributed by atoms with Crippen molar-refractivity contribution in [3.63, 3.8) is 0 Å². The van der Waals surface area contributed by atoms with Crippen molar-refractivity contribution in [2.24, 2.45) is 0 Å². The van der Waals surface area contributed by atoms with Crippen LogP contribution in [0.3, 0.4) is 0 Å². The number of benzene rings is 1. The Bertz CT molecular complexity index is 957. The van der Waals surface area contributed by atoms with Crippen molar-refractivity contribution in [3.05, 3.63) is 62.0 Å². The van der Waals surface area contributed by atoms with E-state index in [0.29, 0.717) is 0 Å². The highest BCUT2D eigenvalue weighted by molar-refractivity contribution is 7.18. The first kappa shape index (κ1) is 15.5. The zero-order valence-corrected chi connectivity index (χ0v) is 14.9. The fourth-order valence-electron chi connectivity index (χ4n) is 3.61. The lowest BCUT2D eigenvalue weighted by Gasteiger charge is -2.14. The molecule has 1 aliphatic carbocycles. The molecular weight excluding hydrogens is 318 g/mol. The van der Waals surface area contributed by atoms with Gasteiger partial charge in [-0.15, -0.1) is 11.3 Å². The topological polar surface area (TPSA) is 50.2 Å². The van der Waals surface area contributed by atoms with Gasteiger partial charge >= 0.3 is 0 Å². The number of hydrogen-bond acceptors (Lipinski definition) is 3. The van der Waals surface area contributed by atoms with Crippen molar-refractivity contribution < 1.29 is 4.90 Å². The van der Waals surface area contributed by atoms with E-state index in [-0.39, 0.29) is 5.56 Å². The van der Waals surface area contributed by atoms with E-state index in [0.717, 1.165) is 42.0 Å². The van der Waals surface area contributed by atoms with E-state index in [9.17, 15) is 4.79 Å². The van der Waals surface area contributed by atoms with Crippen LogP contribution in [0.4, 0.5) is 0 Å². The number of fused-ring (bicyclic) bond motifs is 3. The average molecular weight is 340 g/mol. The fourth-order valence-corrected chi connectivity index (χ4v) is 4.89. The van der Waals surface area contributed by atoms with Crippen molar-refractivity contribution in [2.45, 2.75) is 39.3 Å². The van der Waals surface area contributed by atoms with Crippen molar-refractivity contribution in [1.29, 1.82) is 0 Å². The van der Waals surface area contributed by atoms with E-state index in [1.54, 1.807) is 11.3 Å². The van der Waals surface area contributed by atoms with Crippen LogP contribution in [0, 0.1) is 6.92 Å². The Labute approximate surface area is 145 Å². The quantitative estimate of drug-likeness (QED) is 0.763. The summed E-state index contributed by atoms with van der Waals surface area (Å²) in [7, 11) is 2.14. The zero-order chi connectivity index (χ0) is 16.7. The minimum absolute atomic E-state index is 0.0399. The molecule has 0 saturated heterocycles. The molecule has 1 unspecified atom stereocenters. The van der Waals surface area contributed by atoms with E-state index < -0.39 is 0 Å². The summed E-state index contributed by atoms with van der Waals surface area (Å²) >= 11 is 1.71. The summed E-state index contributed by atoms with van der Waals surface area (Å²) in [5.74, 6) is 0.790. The van der Waals surface area contributed by atoms with Gasteiger partial charge in [-0.2, -0.15) is 0 Å². The number of H-pyrrole nitrogens is 1. The van der Waals surface area contributed by atoms with Crippen molar-refractivity contribution >= 4 is 21.6 Å². The molecule has 0 bridgehead atoms. The van der Waals surface area contributed by atoms with Gasteiger partial charge in [0.1, 0.15) is 17.9 Å². The first-order valence-corrected chi connectivity index (χ1v) is 9.32. The summed E-state index contributed by atoms with van der Waals surface area (Å²) < 4.78 is 0. The average Bonchev–Trinajstić information content (AvgIpc) is 3.09. The molecule has 4 nitrogen and oxygen atoms in total. The molecule has 2 heterocycles. The van der Waals surface area contributed by atoms with Crippen LogP contribution in [-0.4, -0.2) is 17.0 Å². The van der Waals surface area contributed by atoms with E-state index >= 15 is 0 Å². The Morgan fingerprint density at radius 2 is 2.08 bits per heavy atom. The second-order valence-corrected chi connectivity index (χ2v) is 7.87. The third-order valence-corrected chi connectivity index (χ3v) is 6.03. The SMILES string of the molecule is Cc1ccccc1C[NH+](C)Cc1nc2sc3c(c2c(=O)[nH]1)CCC3. The molecule has 0 radical (unpaired) electrons. The Kier molecular flexibility index (Phi) is 3.98.